The number of amides is 2. The van der Waals surface area contributed by atoms with Gasteiger partial charge in [-0.05, 0) is 30.4 Å². The van der Waals surface area contributed by atoms with Crippen LogP contribution in [0, 0.1) is 5.82 Å². The molecule has 10 heteroatoms. The molecule has 0 aliphatic carbocycles. The smallest absolute Gasteiger partial charge is 0.414 e. The number of thiocarbonyl (C=S) groups is 1. The number of halogens is 1. The van der Waals surface area contributed by atoms with Crippen molar-refractivity contribution in [3.8, 4) is 0 Å². The molecule has 1 aliphatic heterocycles. The van der Waals surface area contributed by atoms with E-state index >= 15 is 0 Å². The van der Waals surface area contributed by atoms with Crippen LogP contribution < -0.4 is 26.6 Å². The fourth-order valence-electron chi connectivity index (χ4n) is 2.30. The summed E-state index contributed by atoms with van der Waals surface area (Å²) in [6.45, 7) is 2.74. The number of benzene rings is 1. The van der Waals surface area contributed by atoms with Crippen molar-refractivity contribution in [2.45, 2.75) is 13.0 Å². The van der Waals surface area contributed by atoms with Gasteiger partial charge in [0.2, 0.25) is 5.91 Å². The molecule has 2 amide bonds. The lowest BCUT2D eigenvalue weighted by Gasteiger charge is -2.15. The summed E-state index contributed by atoms with van der Waals surface area (Å²) >= 11 is 4.70. The van der Waals surface area contributed by atoms with E-state index in [4.69, 9.17) is 22.7 Å². The van der Waals surface area contributed by atoms with Gasteiger partial charge in [0, 0.05) is 20.0 Å². The van der Waals surface area contributed by atoms with Gasteiger partial charge in [-0.2, -0.15) is 0 Å². The molecule has 0 unspecified atom stereocenters. The third-order valence-electron chi connectivity index (χ3n) is 3.46. The highest BCUT2D eigenvalue weighted by atomic mass is 32.1. The lowest BCUT2D eigenvalue weighted by molar-refractivity contribution is -0.118. The Balaban J connectivity index is 1.94. The molecule has 1 atom stereocenters. The third kappa shape index (κ3) is 5.45. The van der Waals surface area contributed by atoms with Crippen LogP contribution >= 0.6 is 12.2 Å². The molecular weight excluding hydrogens is 349 g/mol. The summed E-state index contributed by atoms with van der Waals surface area (Å²) in [6, 6.07) is 4.41. The second-order valence-electron chi connectivity index (χ2n) is 5.44. The summed E-state index contributed by atoms with van der Waals surface area (Å²) in [5, 5.41) is 8.33. The minimum Gasteiger partial charge on any atom is -0.442 e. The first kappa shape index (κ1) is 18.7. The predicted octanol–water partition coefficient (Wildman–Crippen LogP) is 0.532. The number of nitrogens with zero attached hydrogens (tertiary/aromatic N) is 1. The monoisotopic (exact) mass is 369 g/mol. The molecule has 25 heavy (non-hydrogen) atoms. The second-order valence-corrected chi connectivity index (χ2v) is 5.88. The molecular formula is C15H20FN5O3S. The Bertz CT molecular complexity index is 673. The predicted molar refractivity (Wildman–Crippen MR) is 96.0 cm³/mol. The van der Waals surface area contributed by atoms with E-state index in [1.165, 1.54) is 24.0 Å². The molecule has 1 heterocycles. The van der Waals surface area contributed by atoms with Crippen LogP contribution in [-0.4, -0.2) is 49.4 Å². The Morgan fingerprint density at radius 3 is 2.84 bits per heavy atom. The molecule has 1 fully saturated rings. The van der Waals surface area contributed by atoms with Crippen molar-refractivity contribution < 1.29 is 18.7 Å². The van der Waals surface area contributed by atoms with E-state index in [9.17, 15) is 14.0 Å². The standard InChI is InChI=1S/C15H20FN5O3S/c1-9(22)18-4-5-19-13-3-2-10(6-12(13)16)21-8-11(24-15(21)23)7-20-14(17)25/h2-3,6,11,19H,4-5,7-8H2,1H3,(H,18,22)(H3,17,20,25)/t11-/m0/s1. The van der Waals surface area contributed by atoms with E-state index in [1.54, 1.807) is 6.07 Å². The zero-order chi connectivity index (χ0) is 18.4. The first-order chi connectivity index (χ1) is 11.9. The van der Waals surface area contributed by atoms with Crippen LogP contribution in [0.25, 0.3) is 0 Å². The first-order valence-corrected chi connectivity index (χ1v) is 8.07. The molecule has 1 aliphatic rings. The van der Waals surface area contributed by atoms with Crippen LogP contribution in [0.4, 0.5) is 20.6 Å². The molecule has 5 N–H and O–H groups in total. The van der Waals surface area contributed by atoms with Crippen LogP contribution in [0.5, 0.6) is 0 Å². The van der Waals surface area contributed by atoms with E-state index in [1.807, 2.05) is 0 Å². The van der Waals surface area contributed by atoms with Gasteiger partial charge in [0.25, 0.3) is 0 Å². The first-order valence-electron chi connectivity index (χ1n) is 7.66. The molecule has 0 spiro atoms. The van der Waals surface area contributed by atoms with Crippen LogP contribution in [-0.2, 0) is 9.53 Å². The topological polar surface area (TPSA) is 109 Å². The third-order valence-corrected chi connectivity index (χ3v) is 3.60. The number of nitrogens with one attached hydrogen (secondary N) is 3. The molecule has 8 nitrogen and oxygen atoms in total. The SMILES string of the molecule is CC(=O)NCCNc1ccc(N2C[C@H](CNC(N)=S)OC2=O)cc1F. The van der Waals surface area contributed by atoms with Crippen molar-refractivity contribution in [3.63, 3.8) is 0 Å². The van der Waals surface area contributed by atoms with Gasteiger partial charge >= 0.3 is 6.09 Å². The molecule has 0 aromatic heterocycles. The second kappa shape index (κ2) is 8.47. The van der Waals surface area contributed by atoms with Crippen LogP contribution in [0.2, 0.25) is 0 Å². The van der Waals surface area contributed by atoms with Gasteiger partial charge in [-0.25, -0.2) is 9.18 Å². The average Bonchev–Trinajstić information content (AvgIpc) is 2.91. The van der Waals surface area contributed by atoms with E-state index < -0.39 is 18.0 Å². The van der Waals surface area contributed by atoms with Gasteiger partial charge in [0.1, 0.15) is 11.9 Å². The highest BCUT2D eigenvalue weighted by molar-refractivity contribution is 7.80. The largest absolute Gasteiger partial charge is 0.442 e. The van der Waals surface area contributed by atoms with Gasteiger partial charge in [0.05, 0.1) is 24.5 Å². The van der Waals surface area contributed by atoms with Crippen molar-refractivity contribution in [2.75, 3.05) is 36.4 Å². The maximum absolute atomic E-state index is 14.2. The zero-order valence-electron chi connectivity index (χ0n) is 13.7. The van der Waals surface area contributed by atoms with E-state index in [0.29, 0.717) is 25.3 Å². The molecule has 1 aromatic carbocycles. The molecule has 0 bridgehead atoms. The van der Waals surface area contributed by atoms with E-state index in [0.717, 1.165) is 0 Å². The van der Waals surface area contributed by atoms with Crippen molar-refractivity contribution in [2.24, 2.45) is 5.73 Å². The Hall–Kier alpha value is -2.62. The summed E-state index contributed by atoms with van der Waals surface area (Å²) in [6.07, 6.45) is -0.979. The molecule has 0 radical (unpaired) electrons. The number of rotatable bonds is 7. The minimum atomic E-state index is -0.555. The van der Waals surface area contributed by atoms with Crippen molar-refractivity contribution >= 4 is 40.7 Å². The van der Waals surface area contributed by atoms with Gasteiger partial charge in [-0.3, -0.25) is 9.69 Å². The molecule has 1 aromatic rings. The fourth-order valence-corrected chi connectivity index (χ4v) is 2.39. The lowest BCUT2D eigenvalue weighted by Crippen LogP contribution is -2.37. The molecule has 0 saturated carbocycles. The highest BCUT2D eigenvalue weighted by Crippen LogP contribution is 2.25. The number of ether oxygens (including phenoxy) is 1. The van der Waals surface area contributed by atoms with E-state index in [2.05, 4.69) is 16.0 Å². The van der Waals surface area contributed by atoms with Gasteiger partial charge < -0.3 is 26.4 Å². The highest BCUT2D eigenvalue weighted by Gasteiger charge is 2.32. The quantitative estimate of drug-likeness (QED) is 0.410. The molecule has 1 saturated heterocycles. The van der Waals surface area contributed by atoms with Gasteiger partial charge in [-0.15, -0.1) is 0 Å². The number of hydrogen-bond acceptors (Lipinski definition) is 5. The van der Waals surface area contributed by atoms with Crippen LogP contribution in [0.15, 0.2) is 18.2 Å². The Labute approximate surface area is 149 Å². The average molecular weight is 369 g/mol. The molecule has 136 valence electrons. The van der Waals surface area contributed by atoms with Crippen LogP contribution in [0.1, 0.15) is 6.92 Å². The Kier molecular flexibility index (Phi) is 6.34. The maximum atomic E-state index is 14.2. The fraction of sp³-hybridized carbons (Fsp3) is 0.400. The number of cyclic esters (lactones) is 1. The summed E-state index contributed by atoms with van der Waals surface area (Å²) in [5.41, 5.74) is 6.02. The van der Waals surface area contributed by atoms with Gasteiger partial charge in [-0.1, -0.05) is 0 Å². The summed E-state index contributed by atoms with van der Waals surface area (Å²) < 4.78 is 19.4. The van der Waals surface area contributed by atoms with Crippen LogP contribution in [0.3, 0.4) is 0 Å². The number of nitrogens with two attached hydrogens (primary N) is 1. The minimum absolute atomic E-state index is 0.121. The number of carbonyl (C=O) groups excluding carboxylic acids is 2. The summed E-state index contributed by atoms with van der Waals surface area (Å²) in [5.74, 6) is -0.651. The van der Waals surface area contributed by atoms with Gasteiger partial charge in [0.15, 0.2) is 5.11 Å². The number of carbonyl (C=O) groups is 2. The zero-order valence-corrected chi connectivity index (χ0v) is 14.5. The number of hydrogen-bond donors (Lipinski definition) is 4. The molecule has 2 rings (SSSR count). The summed E-state index contributed by atoms with van der Waals surface area (Å²) in [7, 11) is 0. The van der Waals surface area contributed by atoms with Crippen molar-refractivity contribution in [1.29, 1.82) is 0 Å². The van der Waals surface area contributed by atoms with Crippen molar-refractivity contribution in [3.05, 3.63) is 24.0 Å². The maximum Gasteiger partial charge on any atom is 0.414 e. The number of anilines is 2. The lowest BCUT2D eigenvalue weighted by atomic mass is 10.2. The Morgan fingerprint density at radius 2 is 2.20 bits per heavy atom. The Morgan fingerprint density at radius 1 is 1.44 bits per heavy atom. The normalized spacial score (nSPS) is 16.3. The van der Waals surface area contributed by atoms with E-state index in [-0.39, 0.29) is 23.3 Å². The summed E-state index contributed by atoms with van der Waals surface area (Å²) in [4.78, 5) is 24.1. The van der Waals surface area contributed by atoms with Crippen molar-refractivity contribution in [1.82, 2.24) is 10.6 Å².